The molecule has 3 aliphatic rings. The van der Waals surface area contributed by atoms with E-state index in [0.717, 1.165) is 19.3 Å². The van der Waals surface area contributed by atoms with Crippen LogP contribution in [-0.4, -0.2) is 39.4 Å². The minimum Gasteiger partial charge on any atom is -0.481 e. The van der Waals surface area contributed by atoms with Gasteiger partial charge in [0.15, 0.2) is 0 Å². The zero-order valence-corrected chi connectivity index (χ0v) is 18.5. The SMILES string of the molecule is Cc1cc(CC(=O)Nc2cc(C(=O)NCC34CCC(C(=O)O)(CC3)CC4)ncn2)ccc1F. The number of halogens is 1. The number of carboxylic acids is 1. The molecule has 8 nitrogen and oxygen atoms in total. The molecular formula is C24H27FN4O4. The number of anilines is 1. The number of aryl methyl sites for hydroxylation is 1. The van der Waals surface area contributed by atoms with Gasteiger partial charge in [0.1, 0.15) is 23.7 Å². The van der Waals surface area contributed by atoms with E-state index in [9.17, 15) is 23.9 Å². The number of rotatable bonds is 7. The lowest BCUT2D eigenvalue weighted by Crippen LogP contribution is -2.50. The molecule has 174 valence electrons. The molecule has 1 heterocycles. The van der Waals surface area contributed by atoms with Crippen LogP contribution in [0.3, 0.4) is 0 Å². The van der Waals surface area contributed by atoms with E-state index in [2.05, 4.69) is 20.6 Å². The van der Waals surface area contributed by atoms with Crippen LogP contribution < -0.4 is 10.6 Å². The molecule has 3 N–H and O–H groups in total. The quantitative estimate of drug-likeness (QED) is 0.590. The highest BCUT2D eigenvalue weighted by atomic mass is 19.1. The van der Waals surface area contributed by atoms with Crippen LogP contribution in [0.2, 0.25) is 0 Å². The summed E-state index contributed by atoms with van der Waals surface area (Å²) in [7, 11) is 0. The van der Waals surface area contributed by atoms with Gasteiger partial charge in [-0.2, -0.15) is 0 Å². The molecule has 33 heavy (non-hydrogen) atoms. The number of carboxylic acid groups (broad SMARTS) is 1. The van der Waals surface area contributed by atoms with Gasteiger partial charge in [-0.05, 0) is 68.1 Å². The van der Waals surface area contributed by atoms with E-state index in [1.807, 2.05) is 0 Å². The first-order valence-corrected chi connectivity index (χ1v) is 11.1. The summed E-state index contributed by atoms with van der Waals surface area (Å²) in [4.78, 5) is 44.6. The lowest BCUT2D eigenvalue weighted by molar-refractivity contribution is -0.158. The number of hydrogen-bond acceptors (Lipinski definition) is 5. The van der Waals surface area contributed by atoms with E-state index in [1.165, 1.54) is 18.5 Å². The maximum absolute atomic E-state index is 13.4. The van der Waals surface area contributed by atoms with Crippen LogP contribution in [-0.2, 0) is 16.0 Å². The molecule has 0 aliphatic heterocycles. The molecule has 1 aromatic carbocycles. The molecule has 2 bridgehead atoms. The number of amides is 2. The van der Waals surface area contributed by atoms with E-state index in [4.69, 9.17) is 0 Å². The molecule has 3 saturated carbocycles. The molecule has 0 spiro atoms. The maximum Gasteiger partial charge on any atom is 0.309 e. The zero-order valence-electron chi connectivity index (χ0n) is 18.5. The molecule has 0 radical (unpaired) electrons. The average molecular weight is 455 g/mol. The highest BCUT2D eigenvalue weighted by Crippen LogP contribution is 2.56. The molecule has 0 saturated heterocycles. The number of benzene rings is 1. The lowest BCUT2D eigenvalue weighted by atomic mass is 9.53. The van der Waals surface area contributed by atoms with E-state index in [1.54, 1.807) is 19.1 Å². The third-order valence-corrected chi connectivity index (χ3v) is 7.23. The Morgan fingerprint density at radius 3 is 2.39 bits per heavy atom. The Balaban J connectivity index is 1.33. The van der Waals surface area contributed by atoms with Gasteiger partial charge in [-0.1, -0.05) is 12.1 Å². The molecule has 3 aliphatic carbocycles. The highest BCUT2D eigenvalue weighted by Gasteiger charge is 2.52. The van der Waals surface area contributed by atoms with Crippen LogP contribution in [0.4, 0.5) is 10.2 Å². The fourth-order valence-corrected chi connectivity index (χ4v) is 4.95. The number of hydrogen-bond donors (Lipinski definition) is 3. The second-order valence-electron chi connectivity index (χ2n) is 9.37. The normalized spacial score (nSPS) is 23.7. The van der Waals surface area contributed by atoms with Gasteiger partial charge in [-0.3, -0.25) is 14.4 Å². The molecule has 0 atom stereocenters. The summed E-state index contributed by atoms with van der Waals surface area (Å²) in [5, 5.41) is 15.1. The number of carbonyl (C=O) groups excluding carboxylic acids is 2. The van der Waals surface area contributed by atoms with Crippen molar-refractivity contribution in [2.75, 3.05) is 11.9 Å². The number of nitrogens with zero attached hydrogens (tertiary/aromatic N) is 2. The van der Waals surface area contributed by atoms with Crippen molar-refractivity contribution < 1.29 is 23.9 Å². The summed E-state index contributed by atoms with van der Waals surface area (Å²) in [5.41, 5.74) is 0.623. The number of aliphatic carboxylic acids is 1. The fraction of sp³-hybridized carbons (Fsp3) is 0.458. The summed E-state index contributed by atoms with van der Waals surface area (Å²) in [6, 6.07) is 5.91. The van der Waals surface area contributed by atoms with Gasteiger partial charge < -0.3 is 15.7 Å². The predicted molar refractivity (Wildman–Crippen MR) is 118 cm³/mol. The van der Waals surface area contributed by atoms with Gasteiger partial charge in [-0.25, -0.2) is 14.4 Å². The van der Waals surface area contributed by atoms with E-state index in [-0.39, 0.29) is 41.0 Å². The van der Waals surface area contributed by atoms with Crippen molar-refractivity contribution >= 4 is 23.6 Å². The predicted octanol–water partition coefficient (Wildman–Crippen LogP) is 3.26. The van der Waals surface area contributed by atoms with Crippen molar-refractivity contribution in [1.29, 1.82) is 0 Å². The van der Waals surface area contributed by atoms with Crippen molar-refractivity contribution in [3.05, 3.63) is 53.2 Å². The van der Waals surface area contributed by atoms with Gasteiger partial charge in [0.2, 0.25) is 5.91 Å². The summed E-state index contributed by atoms with van der Waals surface area (Å²) in [6.07, 6.45) is 5.56. The summed E-state index contributed by atoms with van der Waals surface area (Å²) in [6.45, 7) is 2.10. The van der Waals surface area contributed by atoms with Gasteiger partial charge in [0.05, 0.1) is 11.8 Å². The smallest absolute Gasteiger partial charge is 0.309 e. The Kier molecular flexibility index (Phi) is 6.14. The largest absolute Gasteiger partial charge is 0.481 e. The molecule has 0 unspecified atom stereocenters. The van der Waals surface area contributed by atoms with Gasteiger partial charge >= 0.3 is 5.97 Å². The third kappa shape index (κ3) is 4.86. The van der Waals surface area contributed by atoms with Crippen LogP contribution in [0.1, 0.15) is 60.1 Å². The van der Waals surface area contributed by atoms with Crippen LogP contribution in [0, 0.1) is 23.6 Å². The Bertz CT molecular complexity index is 1080. The van der Waals surface area contributed by atoms with Crippen LogP contribution >= 0.6 is 0 Å². The minimum absolute atomic E-state index is 0.0486. The fourth-order valence-electron chi connectivity index (χ4n) is 4.95. The van der Waals surface area contributed by atoms with Crippen molar-refractivity contribution in [2.45, 2.75) is 51.9 Å². The van der Waals surface area contributed by atoms with E-state index >= 15 is 0 Å². The lowest BCUT2D eigenvalue weighted by Gasteiger charge is -2.51. The molecule has 1 aromatic heterocycles. The monoisotopic (exact) mass is 454 g/mol. The Hall–Kier alpha value is -3.36. The third-order valence-electron chi connectivity index (χ3n) is 7.23. The van der Waals surface area contributed by atoms with Gasteiger partial charge in [0, 0.05) is 12.6 Å². The van der Waals surface area contributed by atoms with Crippen molar-refractivity contribution in [3.63, 3.8) is 0 Å². The Morgan fingerprint density at radius 2 is 1.76 bits per heavy atom. The van der Waals surface area contributed by atoms with Crippen molar-refractivity contribution in [2.24, 2.45) is 10.8 Å². The first kappa shape index (κ1) is 22.8. The number of fused-ring (bicyclic) bond motifs is 3. The maximum atomic E-state index is 13.4. The second-order valence-corrected chi connectivity index (χ2v) is 9.37. The second kappa shape index (κ2) is 8.88. The Labute approximate surface area is 191 Å². The van der Waals surface area contributed by atoms with E-state index in [0.29, 0.717) is 36.9 Å². The van der Waals surface area contributed by atoms with Crippen molar-refractivity contribution in [1.82, 2.24) is 15.3 Å². The first-order chi connectivity index (χ1) is 15.7. The standard InChI is InChI=1S/C24H27FN4O4/c1-15-10-16(2-3-17(15)25)11-20(30)29-19-12-18(27-14-28-19)21(31)26-13-23-4-7-24(8-5-23,9-6-23)22(32)33/h2-3,10,12,14H,4-9,11,13H2,1H3,(H,26,31)(H,32,33)(H,27,28,29,30). The molecule has 2 aromatic rings. The van der Waals surface area contributed by atoms with Crippen LogP contribution in [0.15, 0.2) is 30.6 Å². The summed E-state index contributed by atoms with van der Waals surface area (Å²) >= 11 is 0. The molecular weight excluding hydrogens is 427 g/mol. The van der Waals surface area contributed by atoms with Crippen LogP contribution in [0.25, 0.3) is 0 Å². The Morgan fingerprint density at radius 1 is 1.06 bits per heavy atom. The van der Waals surface area contributed by atoms with Gasteiger partial charge in [0.25, 0.3) is 5.91 Å². The number of carbonyl (C=O) groups is 3. The average Bonchev–Trinajstić information content (AvgIpc) is 2.81. The van der Waals surface area contributed by atoms with Gasteiger partial charge in [-0.15, -0.1) is 0 Å². The first-order valence-electron chi connectivity index (χ1n) is 11.1. The highest BCUT2D eigenvalue weighted by molar-refractivity contribution is 5.95. The topological polar surface area (TPSA) is 121 Å². The van der Waals surface area contributed by atoms with E-state index < -0.39 is 11.4 Å². The van der Waals surface area contributed by atoms with Crippen LogP contribution in [0.5, 0.6) is 0 Å². The summed E-state index contributed by atoms with van der Waals surface area (Å²) < 4.78 is 13.4. The minimum atomic E-state index is -0.704. The molecule has 3 fully saturated rings. The zero-order chi connectivity index (χ0) is 23.6. The van der Waals surface area contributed by atoms with Crippen molar-refractivity contribution in [3.8, 4) is 0 Å². The molecule has 9 heteroatoms. The number of nitrogens with one attached hydrogen (secondary N) is 2. The number of aromatic nitrogens is 2. The molecule has 2 amide bonds. The molecule has 5 rings (SSSR count). The summed E-state index contributed by atoms with van der Waals surface area (Å²) in [5.74, 6) is -1.52.